The molecule has 8 nitrogen and oxygen atoms in total. The van der Waals surface area contributed by atoms with Crippen LogP contribution in [0.1, 0.15) is 42.5 Å². The first-order chi connectivity index (χ1) is 17.7. The maximum Gasteiger partial charge on any atom is 0.416 e. The van der Waals surface area contributed by atoms with Crippen molar-refractivity contribution in [3.8, 4) is 11.1 Å². The number of amides is 2. The van der Waals surface area contributed by atoms with E-state index in [1.165, 1.54) is 12.1 Å². The molecule has 0 unspecified atom stereocenters. The van der Waals surface area contributed by atoms with Crippen molar-refractivity contribution in [1.29, 1.82) is 0 Å². The van der Waals surface area contributed by atoms with Crippen LogP contribution in [-0.4, -0.2) is 32.2 Å². The smallest absolute Gasteiger partial charge is 0.366 e. The summed E-state index contributed by atoms with van der Waals surface area (Å²) in [5.74, 6) is 0.185. The summed E-state index contributed by atoms with van der Waals surface area (Å²) in [6, 6.07) is 10.5. The number of hydrogen-bond donors (Lipinski definition) is 2. The Kier molecular flexibility index (Phi) is 4.30. The van der Waals surface area contributed by atoms with Crippen molar-refractivity contribution in [2.75, 3.05) is 17.2 Å². The summed E-state index contributed by atoms with van der Waals surface area (Å²) < 4.78 is 40.6. The number of nitrogens with two attached hydrogens (primary N) is 1. The Bertz CT molecular complexity index is 1570. The fourth-order valence-corrected chi connectivity index (χ4v) is 5.35. The number of benzene rings is 1. The summed E-state index contributed by atoms with van der Waals surface area (Å²) in [5, 5.41) is 7.22. The minimum Gasteiger partial charge on any atom is -0.366 e. The van der Waals surface area contributed by atoms with E-state index in [2.05, 4.69) is 15.4 Å². The predicted molar refractivity (Wildman–Crippen MR) is 130 cm³/mol. The molecule has 3 aromatic heterocycles. The van der Waals surface area contributed by atoms with E-state index < -0.39 is 17.3 Å². The van der Waals surface area contributed by atoms with Crippen molar-refractivity contribution in [3.05, 3.63) is 71.7 Å². The second-order valence-electron chi connectivity index (χ2n) is 10.2. The number of hydrogen-bond acceptors (Lipinski definition) is 5. The highest BCUT2D eigenvalue weighted by molar-refractivity contribution is 5.96. The zero-order valence-corrected chi connectivity index (χ0v) is 19.6. The Labute approximate surface area is 209 Å². The fraction of sp³-hybridized carbons (Fsp3) is 0.308. The summed E-state index contributed by atoms with van der Waals surface area (Å²) in [6.45, 7) is 0.535. The van der Waals surface area contributed by atoms with E-state index in [0.29, 0.717) is 30.6 Å². The molecule has 1 spiro atoms. The lowest BCUT2D eigenvalue weighted by molar-refractivity contribution is -0.137. The van der Waals surface area contributed by atoms with Crippen molar-refractivity contribution >= 4 is 23.3 Å². The lowest BCUT2D eigenvalue weighted by Crippen LogP contribution is -2.45. The average Bonchev–Trinajstić information content (AvgIpc) is 3.76. The molecule has 3 aliphatic rings. The number of rotatable bonds is 3. The van der Waals surface area contributed by atoms with Crippen molar-refractivity contribution < 1.29 is 18.0 Å². The molecule has 1 aromatic carbocycles. The van der Waals surface area contributed by atoms with Gasteiger partial charge in [-0.15, -0.1) is 5.10 Å². The van der Waals surface area contributed by atoms with Gasteiger partial charge in [0.2, 0.25) is 5.95 Å². The maximum absolute atomic E-state index is 13.6. The van der Waals surface area contributed by atoms with Crippen LogP contribution in [0.2, 0.25) is 0 Å². The molecule has 4 heterocycles. The van der Waals surface area contributed by atoms with Gasteiger partial charge < -0.3 is 11.1 Å². The molecule has 2 saturated carbocycles. The first-order valence-electron chi connectivity index (χ1n) is 12.1. The monoisotopic (exact) mass is 505 g/mol. The second-order valence-corrected chi connectivity index (χ2v) is 10.2. The Morgan fingerprint density at radius 1 is 1.03 bits per heavy atom. The first kappa shape index (κ1) is 22.1. The Balaban J connectivity index is 1.19. The third-order valence-electron chi connectivity index (χ3n) is 7.77. The van der Waals surface area contributed by atoms with Gasteiger partial charge in [0.05, 0.1) is 22.5 Å². The van der Waals surface area contributed by atoms with Gasteiger partial charge in [-0.25, -0.2) is 9.31 Å². The van der Waals surface area contributed by atoms with Crippen LogP contribution in [0.4, 0.5) is 29.6 Å². The zero-order chi connectivity index (χ0) is 25.6. The van der Waals surface area contributed by atoms with Crippen LogP contribution in [-0.2, 0) is 17.1 Å². The van der Waals surface area contributed by atoms with Crippen molar-refractivity contribution in [2.24, 2.45) is 0 Å². The van der Waals surface area contributed by atoms with Crippen LogP contribution in [0.3, 0.4) is 0 Å². The summed E-state index contributed by atoms with van der Waals surface area (Å²) in [4.78, 5) is 24.3. The van der Waals surface area contributed by atoms with Gasteiger partial charge in [-0.2, -0.15) is 18.2 Å². The van der Waals surface area contributed by atoms with Gasteiger partial charge in [-0.3, -0.25) is 9.88 Å². The first-order valence-corrected chi connectivity index (χ1v) is 12.1. The van der Waals surface area contributed by atoms with Gasteiger partial charge in [0, 0.05) is 29.9 Å². The van der Waals surface area contributed by atoms with E-state index in [0.717, 1.165) is 47.5 Å². The number of alkyl halides is 3. The van der Waals surface area contributed by atoms with Crippen molar-refractivity contribution in [2.45, 2.75) is 42.8 Å². The molecule has 7 rings (SSSR count). The van der Waals surface area contributed by atoms with Gasteiger partial charge in [0.25, 0.3) is 0 Å². The van der Waals surface area contributed by atoms with Crippen LogP contribution in [0.25, 0.3) is 16.8 Å². The largest absolute Gasteiger partial charge is 0.416 e. The number of fused-ring (bicyclic) bond motifs is 3. The standard InChI is InChI=1S/C26H22F3N7O/c27-26(28,29)18-3-1-17(2-4-18)25(8-9-25)33-23(37)35-14-24(6-7-24)21-19(35)11-16(13-31-21)15-5-10-36-20(12-15)32-22(30)34-36/h1-5,10-13H,6-9,14H2,(H2,30,34)(H,33,37). The Morgan fingerprint density at radius 2 is 1.78 bits per heavy atom. The highest BCUT2D eigenvalue weighted by Crippen LogP contribution is 2.56. The van der Waals surface area contributed by atoms with E-state index >= 15 is 0 Å². The minimum atomic E-state index is -4.40. The molecule has 37 heavy (non-hydrogen) atoms. The highest BCUT2D eigenvalue weighted by atomic mass is 19.4. The van der Waals surface area contributed by atoms with Gasteiger partial charge in [-0.05, 0) is 67.1 Å². The number of nitrogens with one attached hydrogen (secondary N) is 1. The number of carbonyl (C=O) groups excluding carboxylic acids is 1. The SMILES string of the molecule is Nc1nc2cc(-c3cnc4c(c3)N(C(=O)NC3(c5ccc(C(F)(F)F)cc5)CC3)CC43CC3)ccn2n1. The molecule has 188 valence electrons. The molecule has 2 aliphatic carbocycles. The quantitative estimate of drug-likeness (QED) is 0.422. The molecular formula is C26H22F3N7O. The molecule has 1 aliphatic heterocycles. The van der Waals surface area contributed by atoms with E-state index in [4.69, 9.17) is 10.7 Å². The van der Waals surface area contributed by atoms with Crippen LogP contribution in [0, 0.1) is 0 Å². The number of pyridine rings is 2. The molecule has 2 amide bonds. The topological polar surface area (TPSA) is 101 Å². The van der Waals surface area contributed by atoms with Crippen molar-refractivity contribution in [1.82, 2.24) is 24.9 Å². The number of nitrogens with zero attached hydrogens (tertiary/aromatic N) is 5. The lowest BCUT2D eigenvalue weighted by Gasteiger charge is -2.24. The summed E-state index contributed by atoms with van der Waals surface area (Å²) in [7, 11) is 0. The summed E-state index contributed by atoms with van der Waals surface area (Å²) >= 11 is 0. The molecule has 3 N–H and O–H groups in total. The van der Waals surface area contributed by atoms with Crippen LogP contribution >= 0.6 is 0 Å². The molecule has 11 heteroatoms. The van der Waals surface area contributed by atoms with Crippen LogP contribution < -0.4 is 16.0 Å². The third-order valence-corrected chi connectivity index (χ3v) is 7.77. The molecular weight excluding hydrogens is 483 g/mol. The van der Waals surface area contributed by atoms with Gasteiger partial charge in [-0.1, -0.05) is 12.1 Å². The van der Waals surface area contributed by atoms with E-state index in [1.54, 1.807) is 15.6 Å². The highest BCUT2D eigenvalue weighted by Gasteiger charge is 2.56. The Morgan fingerprint density at radius 3 is 2.46 bits per heavy atom. The molecule has 0 radical (unpaired) electrons. The van der Waals surface area contributed by atoms with E-state index in [1.807, 2.05) is 24.4 Å². The number of urea groups is 1. The summed E-state index contributed by atoms with van der Waals surface area (Å²) in [6.07, 6.45) is 2.47. The third kappa shape index (κ3) is 3.52. The molecule has 4 aromatic rings. The van der Waals surface area contributed by atoms with Gasteiger partial charge >= 0.3 is 12.2 Å². The average molecular weight is 506 g/mol. The molecule has 0 saturated heterocycles. The number of anilines is 2. The van der Waals surface area contributed by atoms with Crippen molar-refractivity contribution in [3.63, 3.8) is 0 Å². The normalized spacial score (nSPS) is 18.7. The maximum atomic E-state index is 13.6. The fourth-order valence-electron chi connectivity index (χ4n) is 5.35. The number of halogens is 3. The predicted octanol–water partition coefficient (Wildman–Crippen LogP) is 4.64. The van der Waals surface area contributed by atoms with Crippen LogP contribution in [0.5, 0.6) is 0 Å². The lowest BCUT2D eigenvalue weighted by atomic mass is 10.0. The minimum absolute atomic E-state index is 0.123. The van der Waals surface area contributed by atoms with Crippen LogP contribution in [0.15, 0.2) is 54.9 Å². The number of aromatic nitrogens is 4. The van der Waals surface area contributed by atoms with E-state index in [9.17, 15) is 18.0 Å². The summed E-state index contributed by atoms with van der Waals surface area (Å²) in [5.41, 5.74) is 8.91. The molecule has 2 fully saturated rings. The molecule has 0 bridgehead atoms. The number of carbonyl (C=O) groups is 1. The molecule has 0 atom stereocenters. The van der Waals surface area contributed by atoms with E-state index in [-0.39, 0.29) is 17.4 Å². The number of nitrogen functional groups attached to an aromatic ring is 1. The zero-order valence-electron chi connectivity index (χ0n) is 19.6. The Hall–Kier alpha value is -4.15. The van der Waals surface area contributed by atoms with Gasteiger partial charge in [0.15, 0.2) is 5.65 Å². The van der Waals surface area contributed by atoms with Gasteiger partial charge in [0.1, 0.15) is 0 Å². The second kappa shape index (κ2) is 7.21.